The largest absolute Gasteiger partial charge is 0.478 e. The fraction of sp³-hybridized carbons (Fsp3) is 0.125. The van der Waals surface area contributed by atoms with Gasteiger partial charge in [-0.25, -0.2) is 4.79 Å². The maximum absolute atomic E-state index is 10.7. The minimum absolute atomic E-state index is 0.158. The van der Waals surface area contributed by atoms with Gasteiger partial charge in [0.25, 0.3) is 0 Å². The fourth-order valence-electron chi connectivity index (χ4n) is 0.916. The van der Waals surface area contributed by atoms with Crippen molar-refractivity contribution in [2.45, 2.75) is 6.92 Å². The van der Waals surface area contributed by atoms with Crippen LogP contribution in [0.15, 0.2) is 16.6 Å². The number of rotatable bonds is 1. The third-order valence-electron chi connectivity index (χ3n) is 1.56. The summed E-state index contributed by atoms with van der Waals surface area (Å²) in [4.78, 5) is 10.7. The molecule has 0 saturated heterocycles. The number of hydrogen-bond donors (Lipinski definition) is 1. The van der Waals surface area contributed by atoms with Gasteiger partial charge in [0.1, 0.15) is 0 Å². The molecule has 0 saturated carbocycles. The first kappa shape index (κ1) is 9.55. The average molecular weight is 249 g/mol. The van der Waals surface area contributed by atoms with Crippen molar-refractivity contribution in [1.29, 1.82) is 0 Å². The molecule has 0 amide bonds. The summed E-state index contributed by atoms with van der Waals surface area (Å²) >= 11 is 8.92. The Hall–Kier alpha value is -0.540. The third kappa shape index (κ3) is 1.62. The standard InChI is InChI=1S/C8H6BrClO2/c1-4-5(9)2-3-6(10)7(4)8(11)12/h2-3H,1H3,(H,11,12). The Morgan fingerprint density at radius 3 is 2.58 bits per heavy atom. The van der Waals surface area contributed by atoms with Crippen LogP contribution < -0.4 is 0 Å². The molecule has 0 aliphatic heterocycles. The fourth-order valence-corrected chi connectivity index (χ4v) is 1.53. The molecule has 1 rings (SSSR count). The molecular formula is C8H6BrClO2. The quantitative estimate of drug-likeness (QED) is 0.830. The lowest BCUT2D eigenvalue weighted by Gasteiger charge is -2.04. The highest BCUT2D eigenvalue weighted by molar-refractivity contribution is 9.10. The van der Waals surface area contributed by atoms with Gasteiger partial charge in [-0.15, -0.1) is 0 Å². The number of hydrogen-bond acceptors (Lipinski definition) is 1. The van der Waals surface area contributed by atoms with E-state index >= 15 is 0 Å². The normalized spacial score (nSPS) is 9.92. The molecule has 4 heteroatoms. The summed E-state index contributed by atoms with van der Waals surface area (Å²) in [7, 11) is 0. The molecule has 2 nitrogen and oxygen atoms in total. The lowest BCUT2D eigenvalue weighted by molar-refractivity contribution is 0.0696. The van der Waals surface area contributed by atoms with Crippen molar-refractivity contribution in [1.82, 2.24) is 0 Å². The predicted octanol–water partition coefficient (Wildman–Crippen LogP) is 3.11. The molecule has 0 aliphatic rings. The summed E-state index contributed by atoms with van der Waals surface area (Å²) in [6, 6.07) is 3.28. The molecule has 64 valence electrons. The van der Waals surface area contributed by atoms with Gasteiger partial charge >= 0.3 is 5.97 Å². The number of carbonyl (C=O) groups is 1. The SMILES string of the molecule is Cc1c(Br)ccc(Cl)c1C(=O)O. The topological polar surface area (TPSA) is 37.3 Å². The van der Waals surface area contributed by atoms with Crippen molar-refractivity contribution in [2.75, 3.05) is 0 Å². The maximum Gasteiger partial charge on any atom is 0.337 e. The molecule has 0 heterocycles. The van der Waals surface area contributed by atoms with Crippen LogP contribution in [0, 0.1) is 6.92 Å². The molecular weight excluding hydrogens is 243 g/mol. The molecule has 0 aromatic heterocycles. The van der Waals surface area contributed by atoms with E-state index in [2.05, 4.69) is 15.9 Å². The molecule has 1 aromatic carbocycles. The van der Waals surface area contributed by atoms with Crippen molar-refractivity contribution in [3.05, 3.63) is 32.8 Å². The van der Waals surface area contributed by atoms with Crippen LogP contribution in [-0.4, -0.2) is 11.1 Å². The molecule has 0 fully saturated rings. The van der Waals surface area contributed by atoms with Gasteiger partial charge in [0, 0.05) is 4.47 Å². The Labute approximate surface area is 83.3 Å². The minimum atomic E-state index is -1.00. The Morgan fingerprint density at radius 1 is 1.58 bits per heavy atom. The lowest BCUT2D eigenvalue weighted by atomic mass is 10.1. The van der Waals surface area contributed by atoms with E-state index in [1.165, 1.54) is 0 Å². The van der Waals surface area contributed by atoms with Crippen molar-refractivity contribution in [3.8, 4) is 0 Å². The Kier molecular flexibility index (Phi) is 2.75. The van der Waals surface area contributed by atoms with Crippen LogP contribution in [0.2, 0.25) is 5.02 Å². The molecule has 0 spiro atoms. The van der Waals surface area contributed by atoms with E-state index in [4.69, 9.17) is 16.7 Å². The van der Waals surface area contributed by atoms with Crippen LogP contribution >= 0.6 is 27.5 Å². The zero-order valence-electron chi connectivity index (χ0n) is 6.27. The zero-order chi connectivity index (χ0) is 9.30. The second-order valence-corrected chi connectivity index (χ2v) is 3.60. The lowest BCUT2D eigenvalue weighted by Crippen LogP contribution is -2.01. The van der Waals surface area contributed by atoms with E-state index in [1.807, 2.05) is 0 Å². The van der Waals surface area contributed by atoms with E-state index in [1.54, 1.807) is 19.1 Å². The third-order valence-corrected chi connectivity index (χ3v) is 2.74. The van der Waals surface area contributed by atoms with Gasteiger partial charge in [0.05, 0.1) is 10.6 Å². The van der Waals surface area contributed by atoms with E-state index < -0.39 is 5.97 Å². The molecule has 1 N–H and O–H groups in total. The Morgan fingerprint density at radius 2 is 2.17 bits per heavy atom. The van der Waals surface area contributed by atoms with Gasteiger partial charge in [-0.1, -0.05) is 27.5 Å². The second kappa shape index (κ2) is 3.46. The van der Waals surface area contributed by atoms with Crippen LogP contribution in [0.3, 0.4) is 0 Å². The van der Waals surface area contributed by atoms with E-state index in [0.29, 0.717) is 5.56 Å². The van der Waals surface area contributed by atoms with Crippen molar-refractivity contribution < 1.29 is 9.90 Å². The minimum Gasteiger partial charge on any atom is -0.478 e. The van der Waals surface area contributed by atoms with Crippen LogP contribution in [-0.2, 0) is 0 Å². The van der Waals surface area contributed by atoms with Gasteiger partial charge in [-0.2, -0.15) is 0 Å². The monoisotopic (exact) mass is 248 g/mol. The Balaban J connectivity index is 3.43. The summed E-state index contributed by atoms with van der Waals surface area (Å²) in [6.45, 7) is 1.71. The first-order valence-corrected chi connectivity index (χ1v) is 4.39. The molecule has 1 aromatic rings. The molecule has 0 unspecified atom stereocenters. The number of carboxylic acid groups (broad SMARTS) is 1. The Bertz CT molecular complexity index is 336. The number of carboxylic acids is 1. The van der Waals surface area contributed by atoms with Gasteiger partial charge in [-0.3, -0.25) is 0 Å². The summed E-state index contributed by atoms with van der Waals surface area (Å²) in [5.41, 5.74) is 0.807. The molecule has 12 heavy (non-hydrogen) atoms. The molecule has 0 bridgehead atoms. The van der Waals surface area contributed by atoms with Gasteiger partial charge in [0.15, 0.2) is 0 Å². The zero-order valence-corrected chi connectivity index (χ0v) is 8.61. The number of aromatic carboxylic acids is 1. The number of halogens is 2. The van der Waals surface area contributed by atoms with E-state index in [0.717, 1.165) is 4.47 Å². The van der Waals surface area contributed by atoms with Crippen LogP contribution in [0.4, 0.5) is 0 Å². The smallest absolute Gasteiger partial charge is 0.337 e. The summed E-state index contributed by atoms with van der Waals surface area (Å²) < 4.78 is 0.754. The van der Waals surface area contributed by atoms with Gasteiger partial charge < -0.3 is 5.11 Å². The van der Waals surface area contributed by atoms with Crippen LogP contribution in [0.25, 0.3) is 0 Å². The van der Waals surface area contributed by atoms with Crippen LogP contribution in [0.5, 0.6) is 0 Å². The van der Waals surface area contributed by atoms with E-state index in [-0.39, 0.29) is 10.6 Å². The van der Waals surface area contributed by atoms with Crippen molar-refractivity contribution >= 4 is 33.5 Å². The molecule has 0 atom stereocenters. The summed E-state index contributed by atoms with van der Waals surface area (Å²) in [5, 5.41) is 9.03. The molecule has 0 radical (unpaired) electrons. The van der Waals surface area contributed by atoms with Gasteiger partial charge in [0.2, 0.25) is 0 Å². The highest BCUT2D eigenvalue weighted by atomic mass is 79.9. The van der Waals surface area contributed by atoms with E-state index in [9.17, 15) is 4.79 Å². The van der Waals surface area contributed by atoms with Crippen LogP contribution in [0.1, 0.15) is 15.9 Å². The van der Waals surface area contributed by atoms with Crippen molar-refractivity contribution in [2.24, 2.45) is 0 Å². The summed E-state index contributed by atoms with van der Waals surface area (Å²) in [6.07, 6.45) is 0. The second-order valence-electron chi connectivity index (χ2n) is 2.33. The highest BCUT2D eigenvalue weighted by Crippen LogP contribution is 2.26. The van der Waals surface area contributed by atoms with Gasteiger partial charge in [-0.05, 0) is 24.6 Å². The highest BCUT2D eigenvalue weighted by Gasteiger charge is 2.13. The maximum atomic E-state index is 10.7. The number of benzene rings is 1. The predicted molar refractivity (Wildman–Crippen MR) is 50.8 cm³/mol. The summed E-state index contributed by atoms with van der Waals surface area (Å²) in [5.74, 6) is -1.00. The van der Waals surface area contributed by atoms with Crippen molar-refractivity contribution in [3.63, 3.8) is 0 Å². The molecule has 0 aliphatic carbocycles. The average Bonchev–Trinajstić information content (AvgIpc) is 1.97. The first-order valence-electron chi connectivity index (χ1n) is 3.22. The first-order chi connectivity index (χ1) is 5.54.